The molecule has 0 aromatic heterocycles. The van der Waals surface area contributed by atoms with Gasteiger partial charge in [0.25, 0.3) is 0 Å². The molecule has 0 aliphatic rings. The molecule has 8 nitrogen and oxygen atoms in total. The maximum atomic E-state index is 11.8. The lowest BCUT2D eigenvalue weighted by molar-refractivity contribution is -0.155. The van der Waals surface area contributed by atoms with E-state index >= 15 is 0 Å². The second-order valence-electron chi connectivity index (χ2n) is 6.68. The summed E-state index contributed by atoms with van der Waals surface area (Å²) in [6.07, 6.45) is 2.09. The van der Waals surface area contributed by atoms with Crippen LogP contribution in [0.15, 0.2) is 0 Å². The second-order valence-corrected chi connectivity index (χ2v) is 6.68. The van der Waals surface area contributed by atoms with E-state index in [9.17, 15) is 24.9 Å². The minimum absolute atomic E-state index is 0.153. The van der Waals surface area contributed by atoms with E-state index in [1.165, 1.54) is 0 Å². The summed E-state index contributed by atoms with van der Waals surface area (Å²) in [6, 6.07) is 0. The molecule has 8 heteroatoms. The topological polar surface area (TPSA) is 156 Å². The largest absolute Gasteiger partial charge is 0.481 e. The van der Waals surface area contributed by atoms with Crippen molar-refractivity contribution in [1.82, 2.24) is 0 Å². The summed E-state index contributed by atoms with van der Waals surface area (Å²) >= 11 is 0. The third-order valence-corrected chi connectivity index (χ3v) is 4.42. The maximum absolute atomic E-state index is 11.8. The van der Waals surface area contributed by atoms with Crippen LogP contribution in [0, 0.1) is 5.41 Å². The van der Waals surface area contributed by atoms with Crippen molar-refractivity contribution in [2.24, 2.45) is 5.41 Å². The molecule has 0 spiro atoms. The monoisotopic (exact) mass is 364 g/mol. The smallest absolute Gasteiger partial charge is 0.309 e. The SMILES string of the molecule is O=C(O)CCCCCCCCC(CC(O)CO)(CC(O)CO)C(=O)O. The fraction of sp³-hybridized carbons (Fsp3) is 0.882. The number of aliphatic hydroxyl groups is 4. The van der Waals surface area contributed by atoms with Crippen molar-refractivity contribution in [3.8, 4) is 0 Å². The summed E-state index contributed by atoms with van der Waals surface area (Å²) in [5.74, 6) is -1.97. The van der Waals surface area contributed by atoms with Crippen LogP contribution in [0.4, 0.5) is 0 Å². The van der Waals surface area contributed by atoms with E-state index in [0.717, 1.165) is 25.7 Å². The van der Waals surface area contributed by atoms with Gasteiger partial charge in [-0.2, -0.15) is 0 Å². The number of aliphatic hydroxyl groups excluding tert-OH is 4. The number of hydrogen-bond acceptors (Lipinski definition) is 6. The van der Waals surface area contributed by atoms with Crippen LogP contribution in [0.3, 0.4) is 0 Å². The van der Waals surface area contributed by atoms with Crippen molar-refractivity contribution in [2.45, 2.75) is 76.4 Å². The van der Waals surface area contributed by atoms with Gasteiger partial charge < -0.3 is 30.6 Å². The van der Waals surface area contributed by atoms with Gasteiger partial charge >= 0.3 is 11.9 Å². The number of carboxylic acid groups (broad SMARTS) is 2. The lowest BCUT2D eigenvalue weighted by Gasteiger charge is -2.32. The molecular weight excluding hydrogens is 332 g/mol. The first-order chi connectivity index (χ1) is 11.8. The van der Waals surface area contributed by atoms with Crippen LogP contribution in [-0.2, 0) is 9.59 Å². The minimum atomic E-state index is -1.40. The highest BCUT2D eigenvalue weighted by Crippen LogP contribution is 2.36. The van der Waals surface area contributed by atoms with E-state index in [1.807, 2.05) is 0 Å². The van der Waals surface area contributed by atoms with Gasteiger partial charge in [-0.25, -0.2) is 0 Å². The van der Waals surface area contributed by atoms with Crippen LogP contribution < -0.4 is 0 Å². The van der Waals surface area contributed by atoms with Crippen molar-refractivity contribution in [3.05, 3.63) is 0 Å². The molecule has 2 atom stereocenters. The number of carbonyl (C=O) groups is 2. The number of carboxylic acids is 2. The first-order valence-corrected chi connectivity index (χ1v) is 8.80. The summed E-state index contributed by atoms with van der Waals surface area (Å²) in [6.45, 7) is -1.12. The molecule has 6 N–H and O–H groups in total. The zero-order valence-corrected chi connectivity index (χ0v) is 14.6. The summed E-state index contributed by atoms with van der Waals surface area (Å²) in [5.41, 5.74) is -1.40. The van der Waals surface area contributed by atoms with E-state index in [1.54, 1.807) is 0 Å². The molecule has 25 heavy (non-hydrogen) atoms. The molecule has 0 aromatic rings. The molecule has 148 valence electrons. The zero-order chi connectivity index (χ0) is 19.3. The van der Waals surface area contributed by atoms with Crippen LogP contribution in [0.25, 0.3) is 0 Å². The third-order valence-electron chi connectivity index (χ3n) is 4.42. The zero-order valence-electron chi connectivity index (χ0n) is 14.6. The third kappa shape index (κ3) is 10.4. The Morgan fingerprint density at radius 3 is 1.60 bits per heavy atom. The van der Waals surface area contributed by atoms with E-state index < -0.39 is 42.8 Å². The summed E-state index contributed by atoms with van der Waals surface area (Å²) in [5, 5.41) is 55.5. The Balaban J connectivity index is 4.46. The molecule has 0 bridgehead atoms. The maximum Gasteiger partial charge on any atom is 0.309 e. The summed E-state index contributed by atoms with van der Waals surface area (Å²) < 4.78 is 0. The predicted octanol–water partition coefficient (Wildman–Crippen LogP) is 0.749. The van der Waals surface area contributed by atoms with Crippen molar-refractivity contribution < 1.29 is 40.2 Å². The Bertz CT molecular complexity index is 373. The van der Waals surface area contributed by atoms with E-state index in [4.69, 9.17) is 15.3 Å². The van der Waals surface area contributed by atoms with E-state index in [0.29, 0.717) is 12.8 Å². The molecule has 0 rings (SSSR count). The average molecular weight is 364 g/mol. The predicted molar refractivity (Wildman–Crippen MR) is 90.1 cm³/mol. The quantitative estimate of drug-likeness (QED) is 0.219. The van der Waals surface area contributed by atoms with Crippen molar-refractivity contribution in [2.75, 3.05) is 13.2 Å². The molecule has 0 aliphatic heterocycles. The van der Waals surface area contributed by atoms with Gasteiger partial charge in [-0.05, 0) is 25.7 Å². The second kappa shape index (κ2) is 13.0. The van der Waals surface area contributed by atoms with Crippen LogP contribution in [0.2, 0.25) is 0 Å². The first-order valence-electron chi connectivity index (χ1n) is 8.80. The molecule has 0 aliphatic carbocycles. The van der Waals surface area contributed by atoms with Crippen molar-refractivity contribution >= 4 is 11.9 Å². The number of unbranched alkanes of at least 4 members (excludes halogenated alkanes) is 5. The average Bonchev–Trinajstić information content (AvgIpc) is 2.56. The highest BCUT2D eigenvalue weighted by molar-refractivity contribution is 5.74. The van der Waals surface area contributed by atoms with Gasteiger partial charge in [0.2, 0.25) is 0 Å². The van der Waals surface area contributed by atoms with Crippen molar-refractivity contribution in [1.29, 1.82) is 0 Å². The van der Waals surface area contributed by atoms with Crippen LogP contribution in [0.5, 0.6) is 0 Å². The summed E-state index contributed by atoms with van der Waals surface area (Å²) in [7, 11) is 0. The Labute approximate surface area is 148 Å². The Kier molecular flexibility index (Phi) is 12.4. The van der Waals surface area contributed by atoms with Gasteiger partial charge in [0.05, 0.1) is 30.8 Å². The number of hydrogen-bond donors (Lipinski definition) is 6. The fourth-order valence-corrected chi connectivity index (χ4v) is 3.05. The van der Waals surface area contributed by atoms with Gasteiger partial charge in [0.1, 0.15) is 0 Å². The minimum Gasteiger partial charge on any atom is -0.481 e. The molecule has 0 radical (unpaired) electrons. The molecule has 0 fully saturated rings. The van der Waals surface area contributed by atoms with Crippen LogP contribution in [0.1, 0.15) is 64.2 Å². The summed E-state index contributed by atoms with van der Waals surface area (Å²) in [4.78, 5) is 22.2. The molecule has 0 amide bonds. The number of aliphatic carboxylic acids is 2. The Morgan fingerprint density at radius 2 is 1.20 bits per heavy atom. The molecular formula is C17H32O8. The van der Waals surface area contributed by atoms with Gasteiger partial charge in [-0.3, -0.25) is 9.59 Å². The molecule has 0 saturated heterocycles. The first kappa shape index (κ1) is 23.8. The van der Waals surface area contributed by atoms with Crippen LogP contribution >= 0.6 is 0 Å². The van der Waals surface area contributed by atoms with E-state index in [-0.39, 0.29) is 25.7 Å². The highest BCUT2D eigenvalue weighted by atomic mass is 16.4. The lowest BCUT2D eigenvalue weighted by Crippen LogP contribution is -2.39. The molecule has 0 saturated carbocycles. The number of rotatable bonds is 16. The van der Waals surface area contributed by atoms with Crippen LogP contribution in [-0.4, -0.2) is 68.0 Å². The molecule has 0 heterocycles. The van der Waals surface area contributed by atoms with Gasteiger partial charge in [0.15, 0.2) is 0 Å². The highest BCUT2D eigenvalue weighted by Gasteiger charge is 2.41. The van der Waals surface area contributed by atoms with Gasteiger partial charge in [0, 0.05) is 6.42 Å². The van der Waals surface area contributed by atoms with Gasteiger partial charge in [-0.1, -0.05) is 32.1 Å². The lowest BCUT2D eigenvalue weighted by atomic mass is 9.73. The standard InChI is InChI=1S/C17H32O8/c18-11-13(20)9-17(16(24)25,10-14(21)12-19)8-6-4-2-1-3-5-7-15(22)23/h13-14,18-21H,1-12H2,(H,22,23)(H,24,25). The van der Waals surface area contributed by atoms with Gasteiger partial charge in [-0.15, -0.1) is 0 Å². The Hall–Kier alpha value is -1.22. The molecule has 2 unspecified atom stereocenters. The Morgan fingerprint density at radius 1 is 0.760 bits per heavy atom. The molecule has 0 aromatic carbocycles. The fourth-order valence-electron chi connectivity index (χ4n) is 3.05. The van der Waals surface area contributed by atoms with Crippen molar-refractivity contribution in [3.63, 3.8) is 0 Å². The normalized spacial score (nSPS) is 16.2. The van der Waals surface area contributed by atoms with E-state index in [2.05, 4.69) is 0 Å².